The van der Waals surface area contributed by atoms with Crippen molar-refractivity contribution in [2.45, 2.75) is 38.1 Å². The third-order valence-corrected chi connectivity index (χ3v) is 9.56. The standard InChI is InChI=1S/C30H42N6O4/c37-24-2-4-27(28(38)20-24)36-29(39)25-3-1-23(19-26(25)30(36)40)35-17-15-34(16-18-35)21-22-5-9-32(10-6-22)13-14-33-11-7-31-8-12-33/h1,3,19,22,27,31H,2,4-18,20-21H2. The molecule has 4 fully saturated rings. The summed E-state index contributed by atoms with van der Waals surface area (Å²) in [6.45, 7) is 14.3. The zero-order valence-electron chi connectivity index (χ0n) is 23.5. The molecule has 0 aromatic heterocycles. The first-order chi connectivity index (χ1) is 19.5. The molecule has 5 aliphatic rings. The van der Waals surface area contributed by atoms with Gasteiger partial charge in [-0.25, -0.2) is 0 Å². The van der Waals surface area contributed by atoms with Crippen molar-refractivity contribution < 1.29 is 19.2 Å². The number of nitrogens with one attached hydrogen (secondary N) is 1. The lowest BCUT2D eigenvalue weighted by molar-refractivity contribution is -0.132. The number of rotatable bonds is 7. The number of piperazine rings is 2. The van der Waals surface area contributed by atoms with Crippen LogP contribution in [0.4, 0.5) is 5.69 Å². The molecule has 4 heterocycles. The summed E-state index contributed by atoms with van der Waals surface area (Å²) in [6.07, 6.45) is 2.82. The van der Waals surface area contributed by atoms with Crippen molar-refractivity contribution in [2.75, 3.05) is 90.0 Å². The Balaban J connectivity index is 0.972. The first-order valence-electron chi connectivity index (χ1n) is 15.2. The molecule has 3 saturated heterocycles. The van der Waals surface area contributed by atoms with Crippen LogP contribution in [-0.2, 0) is 9.59 Å². The molecule has 0 radical (unpaired) electrons. The van der Waals surface area contributed by atoms with Gasteiger partial charge in [0.25, 0.3) is 11.8 Å². The zero-order chi connectivity index (χ0) is 27.6. The van der Waals surface area contributed by atoms with E-state index in [1.165, 1.54) is 52.1 Å². The minimum Gasteiger partial charge on any atom is -0.369 e. The summed E-state index contributed by atoms with van der Waals surface area (Å²) in [7, 11) is 0. The number of hydrogen-bond acceptors (Lipinski definition) is 9. The fraction of sp³-hybridized carbons (Fsp3) is 0.667. The number of anilines is 1. The molecule has 40 heavy (non-hydrogen) atoms. The molecule has 1 N–H and O–H groups in total. The molecule has 1 aromatic rings. The average Bonchev–Trinajstić information content (AvgIpc) is 3.22. The molecule has 10 heteroatoms. The lowest BCUT2D eigenvalue weighted by atomic mass is 9.92. The molecule has 1 atom stereocenters. The predicted molar refractivity (Wildman–Crippen MR) is 152 cm³/mol. The maximum atomic E-state index is 13.2. The van der Waals surface area contributed by atoms with Crippen LogP contribution in [0.15, 0.2) is 18.2 Å². The molecule has 0 spiro atoms. The average molecular weight is 551 g/mol. The van der Waals surface area contributed by atoms with Gasteiger partial charge in [0.05, 0.1) is 23.6 Å². The van der Waals surface area contributed by atoms with Gasteiger partial charge in [0.1, 0.15) is 5.78 Å². The van der Waals surface area contributed by atoms with Crippen molar-refractivity contribution in [1.29, 1.82) is 0 Å². The fourth-order valence-electron chi connectivity index (χ4n) is 7.02. The van der Waals surface area contributed by atoms with E-state index in [0.29, 0.717) is 11.1 Å². The Bertz CT molecular complexity index is 1140. The molecule has 0 bridgehead atoms. The largest absolute Gasteiger partial charge is 0.369 e. The normalized spacial score (nSPS) is 26.1. The highest BCUT2D eigenvalue weighted by atomic mass is 16.2. The number of carbonyl (C=O) groups excluding carboxylic acids is 4. The van der Waals surface area contributed by atoms with Gasteiger partial charge in [0.2, 0.25) is 0 Å². The number of fused-ring (bicyclic) bond motifs is 1. The van der Waals surface area contributed by atoms with Crippen LogP contribution in [0.5, 0.6) is 0 Å². The van der Waals surface area contributed by atoms with E-state index in [2.05, 4.69) is 24.9 Å². The van der Waals surface area contributed by atoms with Crippen molar-refractivity contribution >= 4 is 29.1 Å². The van der Waals surface area contributed by atoms with Crippen molar-refractivity contribution in [1.82, 2.24) is 24.9 Å². The molecule has 6 rings (SSSR count). The smallest absolute Gasteiger partial charge is 0.262 e. The molecular formula is C30H42N6O4. The van der Waals surface area contributed by atoms with E-state index >= 15 is 0 Å². The number of Topliss-reactive ketones (excluding diaryl/α,β-unsaturated/α-hetero) is 2. The number of amides is 2. The van der Waals surface area contributed by atoms with Crippen LogP contribution >= 0.6 is 0 Å². The van der Waals surface area contributed by atoms with Gasteiger partial charge in [-0.2, -0.15) is 0 Å². The Labute approximate surface area is 236 Å². The Kier molecular flexibility index (Phi) is 8.29. The van der Waals surface area contributed by atoms with Crippen LogP contribution in [0, 0.1) is 5.92 Å². The highest BCUT2D eigenvalue weighted by molar-refractivity contribution is 6.24. The second kappa shape index (κ2) is 12.1. The van der Waals surface area contributed by atoms with E-state index in [0.717, 1.165) is 62.3 Å². The zero-order valence-corrected chi connectivity index (χ0v) is 23.5. The molecule has 1 saturated carbocycles. The van der Waals surface area contributed by atoms with E-state index < -0.39 is 17.9 Å². The Morgan fingerprint density at radius 3 is 2.10 bits per heavy atom. The number of imide groups is 1. The lowest BCUT2D eigenvalue weighted by Gasteiger charge is -2.40. The van der Waals surface area contributed by atoms with Gasteiger partial charge in [-0.05, 0) is 56.5 Å². The predicted octanol–water partition coefficient (Wildman–Crippen LogP) is 0.713. The van der Waals surface area contributed by atoms with Crippen molar-refractivity contribution in [3.8, 4) is 0 Å². The minimum absolute atomic E-state index is 0.119. The van der Waals surface area contributed by atoms with Gasteiger partial charge in [-0.1, -0.05) is 0 Å². The van der Waals surface area contributed by atoms with Crippen LogP contribution in [0.3, 0.4) is 0 Å². The van der Waals surface area contributed by atoms with Gasteiger partial charge in [-0.3, -0.25) is 33.9 Å². The van der Waals surface area contributed by atoms with E-state index in [1.54, 1.807) is 6.07 Å². The van der Waals surface area contributed by atoms with Gasteiger partial charge in [-0.15, -0.1) is 0 Å². The summed E-state index contributed by atoms with van der Waals surface area (Å²) in [5, 5.41) is 3.43. The topological polar surface area (TPSA) is 96.5 Å². The van der Waals surface area contributed by atoms with Gasteiger partial charge in [0.15, 0.2) is 5.78 Å². The molecular weight excluding hydrogens is 508 g/mol. The fourth-order valence-corrected chi connectivity index (χ4v) is 7.02. The molecule has 216 valence electrons. The highest BCUT2D eigenvalue weighted by Crippen LogP contribution is 2.32. The van der Waals surface area contributed by atoms with Crippen LogP contribution < -0.4 is 10.2 Å². The SMILES string of the molecule is O=C1CCC(N2C(=O)c3ccc(N4CCN(CC5CCN(CCN6CCNCC6)CC5)CC4)cc3C2=O)C(=O)C1. The first-order valence-corrected chi connectivity index (χ1v) is 15.2. The quantitative estimate of drug-likeness (QED) is 0.389. The number of likely N-dealkylation sites (tertiary alicyclic amines) is 1. The van der Waals surface area contributed by atoms with Crippen LogP contribution in [0.1, 0.15) is 52.8 Å². The summed E-state index contributed by atoms with van der Waals surface area (Å²) in [5.74, 6) is -0.519. The van der Waals surface area contributed by atoms with E-state index in [1.807, 2.05) is 12.1 Å². The van der Waals surface area contributed by atoms with Gasteiger partial charge >= 0.3 is 0 Å². The monoisotopic (exact) mass is 550 g/mol. The summed E-state index contributed by atoms with van der Waals surface area (Å²) < 4.78 is 0. The van der Waals surface area contributed by atoms with Crippen molar-refractivity contribution in [2.24, 2.45) is 5.92 Å². The van der Waals surface area contributed by atoms with E-state index in [9.17, 15) is 19.2 Å². The van der Waals surface area contributed by atoms with E-state index in [-0.39, 0.29) is 30.8 Å². The Hall–Kier alpha value is -2.66. The van der Waals surface area contributed by atoms with Crippen LogP contribution in [-0.4, -0.2) is 134 Å². The van der Waals surface area contributed by atoms with Crippen LogP contribution in [0.2, 0.25) is 0 Å². The van der Waals surface area contributed by atoms with Gasteiger partial charge < -0.3 is 15.1 Å². The highest BCUT2D eigenvalue weighted by Gasteiger charge is 2.44. The van der Waals surface area contributed by atoms with Crippen LogP contribution in [0.25, 0.3) is 0 Å². The summed E-state index contributed by atoms with van der Waals surface area (Å²) in [6, 6.07) is 4.65. The molecule has 10 nitrogen and oxygen atoms in total. The molecule has 4 aliphatic heterocycles. The van der Waals surface area contributed by atoms with Crippen molar-refractivity contribution in [3.63, 3.8) is 0 Å². The summed E-state index contributed by atoms with van der Waals surface area (Å²) in [4.78, 5) is 61.5. The Morgan fingerprint density at radius 1 is 0.725 bits per heavy atom. The maximum Gasteiger partial charge on any atom is 0.262 e. The van der Waals surface area contributed by atoms with E-state index in [4.69, 9.17) is 0 Å². The summed E-state index contributed by atoms with van der Waals surface area (Å²) in [5.41, 5.74) is 1.68. The molecule has 1 aromatic carbocycles. The third kappa shape index (κ3) is 5.86. The number of carbonyl (C=O) groups is 4. The minimum atomic E-state index is -0.823. The molecule has 1 unspecified atom stereocenters. The summed E-state index contributed by atoms with van der Waals surface area (Å²) >= 11 is 0. The second-order valence-electron chi connectivity index (χ2n) is 12.1. The first kappa shape index (κ1) is 27.5. The second-order valence-corrected chi connectivity index (χ2v) is 12.1. The molecule has 1 aliphatic carbocycles. The number of benzene rings is 1. The number of piperidine rings is 1. The molecule has 2 amide bonds. The van der Waals surface area contributed by atoms with Gasteiger partial charge in [0, 0.05) is 84.1 Å². The number of ketones is 2. The number of hydrogen-bond donors (Lipinski definition) is 1. The third-order valence-electron chi connectivity index (χ3n) is 9.56. The number of nitrogens with zero attached hydrogens (tertiary/aromatic N) is 5. The lowest BCUT2D eigenvalue weighted by Crippen LogP contribution is -2.49. The maximum absolute atomic E-state index is 13.2. The Morgan fingerprint density at radius 2 is 1.40 bits per heavy atom. The van der Waals surface area contributed by atoms with Crippen molar-refractivity contribution in [3.05, 3.63) is 29.3 Å².